The lowest BCUT2D eigenvalue weighted by Gasteiger charge is -2.09. The molecule has 1 rings (SSSR count). The molecule has 0 bridgehead atoms. The lowest BCUT2D eigenvalue weighted by Crippen LogP contribution is -2.14. The molecule has 1 atom stereocenters. The second kappa shape index (κ2) is 5.64. The van der Waals surface area contributed by atoms with Gasteiger partial charge in [-0.2, -0.15) is 0 Å². The lowest BCUT2D eigenvalue weighted by molar-refractivity contribution is -0.136. The maximum atomic E-state index is 10.8. The Labute approximate surface area is 103 Å². The van der Waals surface area contributed by atoms with E-state index in [4.69, 9.17) is 28.3 Å². The molecule has 82 valence electrons. The van der Waals surface area contributed by atoms with Crippen LogP contribution in [0.2, 0.25) is 10.0 Å². The normalized spacial score (nSPS) is 12.5. The van der Waals surface area contributed by atoms with Crippen molar-refractivity contribution in [1.29, 1.82) is 0 Å². The van der Waals surface area contributed by atoms with Gasteiger partial charge in [0, 0.05) is 4.90 Å². The van der Waals surface area contributed by atoms with Gasteiger partial charge in [-0.15, -0.1) is 11.8 Å². The van der Waals surface area contributed by atoms with Crippen LogP contribution in [0.4, 0.5) is 0 Å². The first-order chi connectivity index (χ1) is 7.04. The number of halogens is 2. The molecule has 5 heteroatoms. The predicted octanol–water partition coefficient (Wildman–Crippen LogP) is 3.95. The van der Waals surface area contributed by atoms with Gasteiger partial charge in [0.05, 0.1) is 10.0 Å². The van der Waals surface area contributed by atoms with E-state index in [1.165, 1.54) is 11.8 Å². The summed E-state index contributed by atoms with van der Waals surface area (Å²) >= 11 is 12.9. The van der Waals surface area contributed by atoms with Crippen molar-refractivity contribution in [3.63, 3.8) is 0 Å². The molecule has 0 fully saturated rings. The molecule has 2 nitrogen and oxygen atoms in total. The average Bonchev–Trinajstić information content (AvgIpc) is 2.19. The summed E-state index contributed by atoms with van der Waals surface area (Å²) in [5.41, 5.74) is 0. The van der Waals surface area contributed by atoms with Gasteiger partial charge in [0.15, 0.2) is 0 Å². The van der Waals surface area contributed by atoms with Crippen LogP contribution in [0.25, 0.3) is 0 Å². The first-order valence-corrected chi connectivity index (χ1v) is 6.02. The van der Waals surface area contributed by atoms with Crippen molar-refractivity contribution in [2.75, 3.05) is 0 Å². The molecule has 1 N–H and O–H groups in total. The summed E-state index contributed by atoms with van der Waals surface area (Å²) in [7, 11) is 0. The van der Waals surface area contributed by atoms with Crippen LogP contribution in [0.3, 0.4) is 0 Å². The van der Waals surface area contributed by atoms with E-state index in [0.29, 0.717) is 16.5 Å². The molecule has 0 saturated heterocycles. The Hall–Kier alpha value is -0.380. The van der Waals surface area contributed by atoms with Gasteiger partial charge in [-0.25, -0.2) is 0 Å². The molecule has 1 aromatic carbocycles. The highest BCUT2D eigenvalue weighted by molar-refractivity contribution is 8.00. The quantitative estimate of drug-likeness (QED) is 0.837. The molecule has 0 aliphatic rings. The first-order valence-electron chi connectivity index (χ1n) is 4.39. The molecule has 0 saturated carbocycles. The predicted molar refractivity (Wildman–Crippen MR) is 64.0 cm³/mol. The zero-order valence-corrected chi connectivity index (χ0v) is 10.4. The largest absolute Gasteiger partial charge is 0.480 e. The minimum atomic E-state index is -0.812. The summed E-state index contributed by atoms with van der Waals surface area (Å²) in [6.07, 6.45) is 0.570. The Balaban J connectivity index is 2.80. The maximum Gasteiger partial charge on any atom is 0.316 e. The van der Waals surface area contributed by atoms with E-state index in [9.17, 15) is 4.79 Å². The van der Waals surface area contributed by atoms with Gasteiger partial charge in [0.1, 0.15) is 5.25 Å². The summed E-state index contributed by atoms with van der Waals surface area (Å²) < 4.78 is 0. The van der Waals surface area contributed by atoms with Crippen LogP contribution in [0.5, 0.6) is 0 Å². The van der Waals surface area contributed by atoms with Gasteiger partial charge in [-0.1, -0.05) is 30.1 Å². The number of aliphatic carboxylic acids is 1. The van der Waals surface area contributed by atoms with Crippen molar-refractivity contribution >= 4 is 40.9 Å². The number of rotatable bonds is 4. The van der Waals surface area contributed by atoms with Gasteiger partial charge >= 0.3 is 5.97 Å². The SMILES string of the molecule is CCC(Sc1ccc(Cl)c(Cl)c1)C(=O)O. The average molecular weight is 265 g/mol. The van der Waals surface area contributed by atoms with Gasteiger partial charge < -0.3 is 5.11 Å². The molecule has 1 unspecified atom stereocenters. The number of carboxylic acid groups (broad SMARTS) is 1. The number of thioether (sulfide) groups is 1. The molecular weight excluding hydrogens is 255 g/mol. The summed E-state index contributed by atoms with van der Waals surface area (Å²) in [4.78, 5) is 11.6. The highest BCUT2D eigenvalue weighted by Gasteiger charge is 2.16. The fraction of sp³-hybridized carbons (Fsp3) is 0.300. The zero-order valence-electron chi connectivity index (χ0n) is 8.04. The molecular formula is C10H10Cl2O2S. The van der Waals surface area contributed by atoms with Crippen molar-refractivity contribution in [3.8, 4) is 0 Å². The second-order valence-corrected chi connectivity index (χ2v) is 5.02. The zero-order chi connectivity index (χ0) is 11.4. The van der Waals surface area contributed by atoms with E-state index in [1.807, 2.05) is 6.92 Å². The van der Waals surface area contributed by atoms with Crippen molar-refractivity contribution in [3.05, 3.63) is 28.2 Å². The number of hydrogen-bond acceptors (Lipinski definition) is 2. The Morgan fingerprint density at radius 2 is 2.13 bits per heavy atom. The third kappa shape index (κ3) is 3.59. The van der Waals surface area contributed by atoms with Gasteiger partial charge in [0.2, 0.25) is 0 Å². The Kier molecular flexibility index (Phi) is 4.77. The second-order valence-electron chi connectivity index (χ2n) is 2.93. The van der Waals surface area contributed by atoms with E-state index >= 15 is 0 Å². The van der Waals surface area contributed by atoms with Gasteiger partial charge in [0.25, 0.3) is 0 Å². The van der Waals surface area contributed by atoms with Crippen molar-refractivity contribution in [2.24, 2.45) is 0 Å². The molecule has 0 aromatic heterocycles. The maximum absolute atomic E-state index is 10.8. The van der Waals surface area contributed by atoms with Crippen molar-refractivity contribution < 1.29 is 9.90 Å². The van der Waals surface area contributed by atoms with Crippen LogP contribution >= 0.6 is 35.0 Å². The van der Waals surface area contributed by atoms with Crippen molar-refractivity contribution in [1.82, 2.24) is 0 Å². The van der Waals surface area contributed by atoms with Gasteiger partial charge in [-0.05, 0) is 24.6 Å². The number of hydrogen-bond donors (Lipinski definition) is 1. The summed E-state index contributed by atoms with van der Waals surface area (Å²) in [6.45, 7) is 1.84. The topological polar surface area (TPSA) is 37.3 Å². The minimum Gasteiger partial charge on any atom is -0.480 e. The standard InChI is InChI=1S/C10H10Cl2O2S/c1-2-9(10(13)14)15-6-3-4-7(11)8(12)5-6/h3-5,9H,2H2,1H3,(H,13,14). The van der Waals surface area contributed by atoms with Crippen LogP contribution in [0.1, 0.15) is 13.3 Å². The molecule has 0 spiro atoms. The molecule has 0 aliphatic heterocycles. The van der Waals surface area contributed by atoms with E-state index in [-0.39, 0.29) is 0 Å². The number of carboxylic acids is 1. The van der Waals surface area contributed by atoms with Crippen LogP contribution in [0, 0.1) is 0 Å². The molecule has 0 aliphatic carbocycles. The van der Waals surface area contributed by atoms with E-state index in [1.54, 1.807) is 18.2 Å². The number of benzene rings is 1. The monoisotopic (exact) mass is 264 g/mol. The molecule has 0 heterocycles. The molecule has 0 radical (unpaired) electrons. The lowest BCUT2D eigenvalue weighted by atomic mass is 10.3. The van der Waals surface area contributed by atoms with Crippen LogP contribution in [0.15, 0.2) is 23.1 Å². The summed E-state index contributed by atoms with van der Waals surface area (Å²) in [5, 5.41) is 9.36. The van der Waals surface area contributed by atoms with E-state index in [0.717, 1.165) is 4.90 Å². The fourth-order valence-corrected chi connectivity index (χ4v) is 2.31. The highest BCUT2D eigenvalue weighted by atomic mass is 35.5. The smallest absolute Gasteiger partial charge is 0.316 e. The Bertz CT molecular complexity index is 368. The van der Waals surface area contributed by atoms with Crippen LogP contribution in [-0.2, 0) is 4.79 Å². The Morgan fingerprint density at radius 3 is 2.60 bits per heavy atom. The third-order valence-corrected chi connectivity index (χ3v) is 3.90. The third-order valence-electron chi connectivity index (χ3n) is 1.82. The summed E-state index contributed by atoms with van der Waals surface area (Å²) in [6, 6.07) is 5.12. The molecule has 15 heavy (non-hydrogen) atoms. The fourth-order valence-electron chi connectivity index (χ4n) is 1.02. The van der Waals surface area contributed by atoms with Crippen molar-refractivity contribution in [2.45, 2.75) is 23.5 Å². The summed E-state index contributed by atoms with van der Waals surface area (Å²) in [5.74, 6) is -0.812. The number of carbonyl (C=O) groups is 1. The minimum absolute atomic E-state index is 0.442. The Morgan fingerprint density at radius 1 is 1.47 bits per heavy atom. The molecule has 1 aromatic rings. The first kappa shape index (κ1) is 12.7. The van der Waals surface area contributed by atoms with E-state index in [2.05, 4.69) is 0 Å². The van der Waals surface area contributed by atoms with Crippen LogP contribution < -0.4 is 0 Å². The van der Waals surface area contributed by atoms with Gasteiger partial charge in [-0.3, -0.25) is 4.79 Å². The highest BCUT2D eigenvalue weighted by Crippen LogP contribution is 2.31. The molecule has 0 amide bonds. The van der Waals surface area contributed by atoms with Crippen LogP contribution in [-0.4, -0.2) is 16.3 Å². The van der Waals surface area contributed by atoms with E-state index < -0.39 is 11.2 Å².